The second-order valence-corrected chi connectivity index (χ2v) is 2.16. The Labute approximate surface area is 48.1 Å². The molecule has 0 amide bonds. The van der Waals surface area contributed by atoms with E-state index in [1.807, 2.05) is 14.1 Å². The zero-order chi connectivity index (χ0) is 5.86. The Morgan fingerprint density at radius 1 is 1.71 bits per heavy atom. The van der Waals surface area contributed by atoms with Gasteiger partial charge in [0.1, 0.15) is 0 Å². The molecule has 0 saturated heterocycles. The third-order valence-electron chi connectivity index (χ3n) is 0.493. The number of rotatable bonds is 2. The third-order valence-corrected chi connectivity index (χ3v) is 0.626. The van der Waals surface area contributed by atoms with E-state index in [-0.39, 0.29) is 5.24 Å². The first-order valence-electron chi connectivity index (χ1n) is 2.10. The highest BCUT2D eigenvalue weighted by molar-refractivity contribution is 6.63. The first-order chi connectivity index (χ1) is 3.13. The zero-order valence-electron chi connectivity index (χ0n) is 4.49. The maximum Gasteiger partial charge on any atom is 0.276 e. The number of carbonyl (C=O) groups excluding carboxylic acids is 1. The van der Waals surface area contributed by atoms with Crippen molar-refractivity contribution in [3.05, 3.63) is 0 Å². The second kappa shape index (κ2) is 2.99. The van der Waals surface area contributed by atoms with Gasteiger partial charge in [0.25, 0.3) is 5.24 Å². The van der Waals surface area contributed by atoms with E-state index in [4.69, 9.17) is 11.6 Å². The van der Waals surface area contributed by atoms with Crippen molar-refractivity contribution >= 4 is 16.8 Å². The van der Waals surface area contributed by atoms with E-state index in [9.17, 15) is 4.79 Å². The summed E-state index contributed by atoms with van der Waals surface area (Å²) in [5.41, 5.74) is 0. The first-order valence-corrected chi connectivity index (χ1v) is 2.48. The molecule has 3 heteroatoms. The fourth-order valence-corrected chi connectivity index (χ4v) is 0.545. The quantitative estimate of drug-likeness (QED) is 0.462. The molecule has 0 aliphatic rings. The van der Waals surface area contributed by atoms with Gasteiger partial charge in [-0.15, -0.1) is 0 Å². The van der Waals surface area contributed by atoms with Crippen LogP contribution in [0.25, 0.3) is 0 Å². The highest BCUT2D eigenvalue weighted by Gasteiger charge is 1.98. The highest BCUT2D eigenvalue weighted by Crippen LogP contribution is 1.68. The predicted molar refractivity (Wildman–Crippen MR) is 28.5 cm³/mol. The van der Waals surface area contributed by atoms with Gasteiger partial charge in [0.05, 0.1) is 14.1 Å². The van der Waals surface area contributed by atoms with Crippen molar-refractivity contribution in [3.8, 4) is 0 Å². The van der Waals surface area contributed by atoms with Gasteiger partial charge in [-0.05, 0) is 11.6 Å². The number of carbonyl (C=O) groups is 1. The molecule has 0 saturated carbocycles. The summed E-state index contributed by atoms with van der Waals surface area (Å²) in [5, 5.41) is -0.278. The van der Waals surface area contributed by atoms with Crippen LogP contribution in [0, 0.1) is 0 Å². The standard InChI is InChI=1S/C4H8ClNO/c1-6(2)3-4(5)7/h3H2,1-2H3/p+1. The molecule has 0 bridgehead atoms. The van der Waals surface area contributed by atoms with E-state index >= 15 is 0 Å². The van der Waals surface area contributed by atoms with Crippen LogP contribution in [0.1, 0.15) is 0 Å². The molecule has 0 unspecified atom stereocenters. The summed E-state index contributed by atoms with van der Waals surface area (Å²) in [7, 11) is 3.75. The number of hydrogen-bond donors (Lipinski definition) is 1. The van der Waals surface area contributed by atoms with E-state index in [2.05, 4.69) is 0 Å². The Morgan fingerprint density at radius 2 is 2.14 bits per heavy atom. The molecule has 42 valence electrons. The van der Waals surface area contributed by atoms with Gasteiger partial charge in [0.2, 0.25) is 0 Å². The van der Waals surface area contributed by atoms with E-state index in [1.54, 1.807) is 0 Å². The summed E-state index contributed by atoms with van der Waals surface area (Å²) < 4.78 is 0. The Kier molecular flexibility index (Phi) is 2.96. The van der Waals surface area contributed by atoms with Gasteiger partial charge < -0.3 is 4.90 Å². The summed E-state index contributed by atoms with van der Waals surface area (Å²) in [5.74, 6) is 0. The number of quaternary nitrogens is 1. The lowest BCUT2D eigenvalue weighted by Crippen LogP contribution is -3.06. The van der Waals surface area contributed by atoms with Crippen LogP contribution in [0.2, 0.25) is 0 Å². The number of halogens is 1. The molecular formula is C4H9ClNO+. The molecule has 0 radical (unpaired) electrons. The maximum absolute atomic E-state index is 10.00. The van der Waals surface area contributed by atoms with Gasteiger partial charge in [-0.1, -0.05) is 0 Å². The second-order valence-electron chi connectivity index (χ2n) is 1.74. The van der Waals surface area contributed by atoms with Crippen LogP contribution in [-0.4, -0.2) is 25.9 Å². The van der Waals surface area contributed by atoms with Crippen LogP contribution in [0.5, 0.6) is 0 Å². The summed E-state index contributed by atoms with van der Waals surface area (Å²) in [4.78, 5) is 11.1. The molecule has 0 atom stereocenters. The molecule has 0 rings (SSSR count). The smallest absolute Gasteiger partial charge is 0.276 e. The molecule has 0 aromatic carbocycles. The highest BCUT2D eigenvalue weighted by atomic mass is 35.5. The zero-order valence-corrected chi connectivity index (χ0v) is 5.25. The molecule has 2 nitrogen and oxygen atoms in total. The summed E-state index contributed by atoms with van der Waals surface area (Å²) in [6, 6.07) is 0. The summed E-state index contributed by atoms with van der Waals surface area (Å²) >= 11 is 5.01. The van der Waals surface area contributed by atoms with Gasteiger partial charge in [-0.3, -0.25) is 4.79 Å². The minimum Gasteiger partial charge on any atom is -0.333 e. The largest absolute Gasteiger partial charge is 0.333 e. The summed E-state index contributed by atoms with van der Waals surface area (Å²) in [6.07, 6.45) is 0. The fraction of sp³-hybridized carbons (Fsp3) is 0.750. The summed E-state index contributed by atoms with van der Waals surface area (Å²) in [6.45, 7) is 0.404. The lowest BCUT2D eigenvalue weighted by Gasteiger charge is -1.99. The lowest BCUT2D eigenvalue weighted by molar-refractivity contribution is -0.848. The Hall–Kier alpha value is -0.0800. The Bertz CT molecular complexity index is 72.1. The number of hydrogen-bond acceptors (Lipinski definition) is 1. The van der Waals surface area contributed by atoms with E-state index in [1.165, 1.54) is 0 Å². The van der Waals surface area contributed by atoms with Gasteiger partial charge in [0.15, 0.2) is 6.54 Å². The van der Waals surface area contributed by atoms with Crippen molar-refractivity contribution in [2.45, 2.75) is 0 Å². The minimum absolute atomic E-state index is 0.278. The number of likely N-dealkylation sites (N-methyl/N-ethyl adjacent to an activating group) is 1. The van der Waals surface area contributed by atoms with Crippen LogP contribution in [0.3, 0.4) is 0 Å². The third kappa shape index (κ3) is 5.92. The first kappa shape index (κ1) is 6.92. The fourth-order valence-electron chi connectivity index (χ4n) is 0.278. The minimum atomic E-state index is -0.278. The van der Waals surface area contributed by atoms with Crippen molar-refractivity contribution in [1.29, 1.82) is 0 Å². The van der Waals surface area contributed by atoms with E-state index < -0.39 is 0 Å². The predicted octanol–water partition coefficient (Wildman–Crippen LogP) is -1.10. The van der Waals surface area contributed by atoms with Crippen LogP contribution < -0.4 is 4.90 Å². The van der Waals surface area contributed by atoms with Gasteiger partial charge in [-0.2, -0.15) is 0 Å². The molecule has 0 spiro atoms. The monoisotopic (exact) mass is 122 g/mol. The molecule has 1 N–H and O–H groups in total. The van der Waals surface area contributed by atoms with Gasteiger partial charge >= 0.3 is 0 Å². The van der Waals surface area contributed by atoms with Crippen LogP contribution in [-0.2, 0) is 4.79 Å². The molecule has 0 aliphatic carbocycles. The average molecular weight is 123 g/mol. The van der Waals surface area contributed by atoms with Crippen molar-refractivity contribution in [2.24, 2.45) is 0 Å². The molecular weight excluding hydrogens is 114 g/mol. The van der Waals surface area contributed by atoms with E-state index in [0.717, 1.165) is 4.90 Å². The van der Waals surface area contributed by atoms with Crippen molar-refractivity contribution in [3.63, 3.8) is 0 Å². The lowest BCUT2D eigenvalue weighted by atomic mass is 10.7. The van der Waals surface area contributed by atoms with Crippen molar-refractivity contribution < 1.29 is 9.69 Å². The van der Waals surface area contributed by atoms with Gasteiger partial charge in [-0.25, -0.2) is 0 Å². The molecule has 0 heterocycles. The van der Waals surface area contributed by atoms with E-state index in [0.29, 0.717) is 6.54 Å². The van der Waals surface area contributed by atoms with Crippen LogP contribution >= 0.6 is 11.6 Å². The van der Waals surface area contributed by atoms with Crippen molar-refractivity contribution in [2.75, 3.05) is 20.6 Å². The van der Waals surface area contributed by atoms with Gasteiger partial charge in [0, 0.05) is 0 Å². The topological polar surface area (TPSA) is 21.5 Å². The molecule has 0 aromatic rings. The molecule has 7 heavy (non-hydrogen) atoms. The SMILES string of the molecule is C[NH+](C)CC(=O)Cl. The number of nitrogens with one attached hydrogen (secondary N) is 1. The molecule has 0 aliphatic heterocycles. The van der Waals surface area contributed by atoms with Crippen LogP contribution in [0.15, 0.2) is 0 Å². The van der Waals surface area contributed by atoms with Crippen LogP contribution in [0.4, 0.5) is 0 Å². The Balaban J connectivity index is 3.13. The normalized spacial score (nSPS) is 9.71. The average Bonchev–Trinajstić information content (AvgIpc) is 1.27. The Morgan fingerprint density at radius 3 is 2.14 bits per heavy atom. The van der Waals surface area contributed by atoms with Crippen molar-refractivity contribution in [1.82, 2.24) is 0 Å². The molecule has 0 fully saturated rings. The molecule has 0 aromatic heterocycles. The maximum atomic E-state index is 10.00.